The first-order valence-electron chi connectivity index (χ1n) is 2.83. The normalized spacial score (nSPS) is 12.6. The van der Waals surface area contributed by atoms with Gasteiger partial charge in [-0.3, -0.25) is 4.79 Å². The fourth-order valence-electron chi connectivity index (χ4n) is 0.337. The summed E-state index contributed by atoms with van der Waals surface area (Å²) < 4.78 is 34.9. The van der Waals surface area contributed by atoms with E-state index in [-0.39, 0.29) is 29.6 Å². The van der Waals surface area contributed by atoms with Crippen molar-refractivity contribution in [2.75, 3.05) is 0 Å². The molecule has 4 nitrogen and oxygen atoms in total. The fraction of sp³-hybridized carbons (Fsp3) is 0.600. The minimum Gasteiger partial charge on any atom is -0.540 e. The first-order chi connectivity index (χ1) is 5.25. The van der Waals surface area contributed by atoms with Crippen molar-refractivity contribution in [2.24, 2.45) is 0 Å². The van der Waals surface area contributed by atoms with Crippen LogP contribution in [0.5, 0.6) is 0 Å². The molecular formula is C5H5F3NNaO3. The van der Waals surface area contributed by atoms with Gasteiger partial charge in [0.25, 0.3) is 5.91 Å². The average molecular weight is 207 g/mol. The van der Waals surface area contributed by atoms with E-state index in [4.69, 9.17) is 0 Å². The standard InChI is InChI=1S/C5H6F3NO3.Na/c1-2(5(6,7)8)9-3(10)4(11)12;/h2H,1H3,(H,9,10)(H,11,12);/q;+1/p-1/t2-;/m1./s1. The van der Waals surface area contributed by atoms with Gasteiger partial charge in [0.05, 0.1) is 0 Å². The summed E-state index contributed by atoms with van der Waals surface area (Å²) in [7, 11) is 0. The molecular weight excluding hydrogens is 202 g/mol. The first kappa shape index (κ1) is 15.2. The minimum absolute atomic E-state index is 0. The molecule has 0 aliphatic carbocycles. The number of carbonyl (C=O) groups excluding carboxylic acids is 2. The average Bonchev–Trinajstić information content (AvgIpc) is 1.85. The van der Waals surface area contributed by atoms with Gasteiger partial charge in [0.15, 0.2) is 0 Å². The second-order valence-corrected chi connectivity index (χ2v) is 2.02. The van der Waals surface area contributed by atoms with E-state index in [1.54, 1.807) is 0 Å². The molecule has 1 atom stereocenters. The second-order valence-electron chi connectivity index (χ2n) is 2.02. The van der Waals surface area contributed by atoms with Crippen molar-refractivity contribution in [3.8, 4) is 0 Å². The first-order valence-corrected chi connectivity index (χ1v) is 2.83. The second kappa shape index (κ2) is 5.46. The summed E-state index contributed by atoms with van der Waals surface area (Å²) >= 11 is 0. The third kappa shape index (κ3) is 5.89. The number of hydrogen-bond acceptors (Lipinski definition) is 3. The number of carboxylic acid groups (broad SMARTS) is 1. The molecule has 0 radical (unpaired) electrons. The summed E-state index contributed by atoms with van der Waals surface area (Å²) in [5.41, 5.74) is 0. The van der Waals surface area contributed by atoms with Gasteiger partial charge in [-0.2, -0.15) is 13.2 Å². The van der Waals surface area contributed by atoms with E-state index in [1.807, 2.05) is 0 Å². The Balaban J connectivity index is 0. The number of alkyl halides is 3. The zero-order valence-corrected chi connectivity index (χ0v) is 8.94. The Labute approximate surface area is 93.8 Å². The smallest absolute Gasteiger partial charge is 0.540 e. The molecule has 0 aliphatic rings. The maximum absolute atomic E-state index is 11.6. The number of aliphatic carboxylic acids is 1. The summed E-state index contributed by atoms with van der Waals surface area (Å²) in [6.07, 6.45) is -4.65. The maximum atomic E-state index is 11.6. The van der Waals surface area contributed by atoms with E-state index >= 15 is 0 Å². The summed E-state index contributed by atoms with van der Waals surface area (Å²) in [4.78, 5) is 19.8. The van der Waals surface area contributed by atoms with Crippen LogP contribution in [0.1, 0.15) is 6.92 Å². The van der Waals surface area contributed by atoms with E-state index in [1.165, 1.54) is 5.32 Å². The van der Waals surface area contributed by atoms with Crippen molar-refractivity contribution in [2.45, 2.75) is 19.1 Å². The predicted octanol–water partition coefficient (Wildman–Crippen LogP) is -4.19. The molecule has 0 aromatic carbocycles. The monoisotopic (exact) mass is 207 g/mol. The van der Waals surface area contributed by atoms with Gasteiger partial charge in [-0.25, -0.2) is 0 Å². The molecule has 0 spiro atoms. The number of carbonyl (C=O) groups is 2. The Hall–Kier alpha value is -0.270. The van der Waals surface area contributed by atoms with E-state index in [2.05, 4.69) is 0 Å². The van der Waals surface area contributed by atoms with Crippen LogP contribution in [-0.2, 0) is 9.59 Å². The molecule has 0 bridgehead atoms. The van der Waals surface area contributed by atoms with Crippen molar-refractivity contribution in [1.82, 2.24) is 5.32 Å². The van der Waals surface area contributed by atoms with Gasteiger partial charge >= 0.3 is 35.7 Å². The van der Waals surface area contributed by atoms with Gasteiger partial charge in [0.1, 0.15) is 12.0 Å². The number of halogens is 3. The van der Waals surface area contributed by atoms with Gasteiger partial charge in [-0.05, 0) is 6.92 Å². The molecule has 0 heterocycles. The molecule has 0 saturated carbocycles. The number of rotatable bonds is 1. The molecule has 0 aromatic heterocycles. The van der Waals surface area contributed by atoms with E-state index in [0.717, 1.165) is 0 Å². The Morgan fingerprint density at radius 3 is 2.00 bits per heavy atom. The minimum atomic E-state index is -4.65. The predicted molar refractivity (Wildman–Crippen MR) is 28.7 cm³/mol. The van der Waals surface area contributed by atoms with Gasteiger partial charge in [-0.15, -0.1) is 0 Å². The molecule has 0 fully saturated rings. The number of carboxylic acids is 1. The Bertz CT molecular complexity index is 206. The Kier molecular flexibility index (Phi) is 6.39. The van der Waals surface area contributed by atoms with Crippen molar-refractivity contribution in [3.05, 3.63) is 0 Å². The van der Waals surface area contributed by atoms with Crippen LogP contribution in [0, 0.1) is 0 Å². The topological polar surface area (TPSA) is 69.2 Å². The van der Waals surface area contributed by atoms with Gasteiger partial charge in [-0.1, -0.05) is 0 Å². The van der Waals surface area contributed by atoms with E-state index in [0.29, 0.717) is 6.92 Å². The van der Waals surface area contributed by atoms with Crippen LogP contribution in [0.4, 0.5) is 13.2 Å². The van der Waals surface area contributed by atoms with Crippen LogP contribution in [0.2, 0.25) is 0 Å². The molecule has 70 valence electrons. The van der Waals surface area contributed by atoms with Gasteiger partial charge in [0.2, 0.25) is 0 Å². The fourth-order valence-corrected chi connectivity index (χ4v) is 0.337. The van der Waals surface area contributed by atoms with Crippen LogP contribution < -0.4 is 40.0 Å². The van der Waals surface area contributed by atoms with Gasteiger partial charge in [0, 0.05) is 0 Å². The SMILES string of the molecule is C[C@@H](NC(=O)C(=O)[O-])C(F)(F)F.[Na+]. The van der Waals surface area contributed by atoms with Crippen molar-refractivity contribution < 1.29 is 57.4 Å². The van der Waals surface area contributed by atoms with Crippen molar-refractivity contribution in [3.63, 3.8) is 0 Å². The largest absolute Gasteiger partial charge is 1.00 e. The molecule has 13 heavy (non-hydrogen) atoms. The molecule has 0 rings (SSSR count). The maximum Gasteiger partial charge on any atom is 1.00 e. The molecule has 0 aromatic rings. The van der Waals surface area contributed by atoms with Gasteiger partial charge < -0.3 is 15.2 Å². The van der Waals surface area contributed by atoms with E-state index < -0.39 is 24.1 Å². The number of amides is 1. The molecule has 0 aliphatic heterocycles. The summed E-state index contributed by atoms with van der Waals surface area (Å²) in [6.45, 7) is 0.626. The molecule has 0 unspecified atom stereocenters. The van der Waals surface area contributed by atoms with Crippen molar-refractivity contribution >= 4 is 11.9 Å². The summed E-state index contributed by atoms with van der Waals surface area (Å²) in [6, 6.07) is -2.19. The summed E-state index contributed by atoms with van der Waals surface area (Å²) in [5, 5.41) is 10.9. The third-order valence-corrected chi connectivity index (χ3v) is 1.02. The molecule has 0 saturated heterocycles. The Morgan fingerprint density at radius 2 is 1.77 bits per heavy atom. The van der Waals surface area contributed by atoms with E-state index in [9.17, 15) is 27.9 Å². The third-order valence-electron chi connectivity index (χ3n) is 1.02. The van der Waals surface area contributed by atoms with Crippen LogP contribution in [-0.4, -0.2) is 24.1 Å². The number of nitrogens with one attached hydrogen (secondary N) is 1. The number of hydrogen-bond donors (Lipinski definition) is 1. The van der Waals surface area contributed by atoms with Crippen LogP contribution in [0.15, 0.2) is 0 Å². The Morgan fingerprint density at radius 1 is 1.38 bits per heavy atom. The van der Waals surface area contributed by atoms with Crippen LogP contribution >= 0.6 is 0 Å². The van der Waals surface area contributed by atoms with Crippen LogP contribution in [0.3, 0.4) is 0 Å². The molecule has 1 amide bonds. The van der Waals surface area contributed by atoms with Crippen LogP contribution in [0.25, 0.3) is 0 Å². The molecule has 8 heteroatoms. The van der Waals surface area contributed by atoms with Crippen molar-refractivity contribution in [1.29, 1.82) is 0 Å². The zero-order chi connectivity index (χ0) is 9.94. The quantitative estimate of drug-likeness (QED) is 0.350. The molecule has 1 N–H and O–H groups in total. The zero-order valence-electron chi connectivity index (χ0n) is 6.94. The summed E-state index contributed by atoms with van der Waals surface area (Å²) in [5.74, 6) is -3.97.